The second-order valence-corrected chi connectivity index (χ2v) is 8.68. The van der Waals surface area contributed by atoms with Crippen molar-refractivity contribution in [1.29, 1.82) is 5.26 Å². The molecule has 0 bridgehead atoms. The van der Waals surface area contributed by atoms with Crippen LogP contribution >= 0.6 is 0 Å². The van der Waals surface area contributed by atoms with Crippen LogP contribution in [0.5, 0.6) is 0 Å². The van der Waals surface area contributed by atoms with E-state index in [-0.39, 0.29) is 22.7 Å². The van der Waals surface area contributed by atoms with Gasteiger partial charge in [0.1, 0.15) is 23.0 Å². The van der Waals surface area contributed by atoms with E-state index in [9.17, 15) is 18.5 Å². The van der Waals surface area contributed by atoms with Crippen LogP contribution in [-0.2, 0) is 10.0 Å². The van der Waals surface area contributed by atoms with Gasteiger partial charge in [-0.2, -0.15) is 14.4 Å². The van der Waals surface area contributed by atoms with Gasteiger partial charge in [-0.1, -0.05) is 13.8 Å². The summed E-state index contributed by atoms with van der Waals surface area (Å²) in [5.74, 6) is -0.166. The summed E-state index contributed by atoms with van der Waals surface area (Å²) < 4.78 is 26.9. The van der Waals surface area contributed by atoms with Gasteiger partial charge >= 0.3 is 0 Å². The second-order valence-electron chi connectivity index (χ2n) is 6.61. The molecule has 0 unspecified atom stereocenters. The summed E-state index contributed by atoms with van der Waals surface area (Å²) in [6, 6.07) is 3.51. The average Bonchev–Trinajstić information content (AvgIpc) is 3.19. The Labute approximate surface area is 148 Å². The van der Waals surface area contributed by atoms with Crippen LogP contribution < -0.4 is 5.56 Å². The fraction of sp³-hybridized carbons (Fsp3) is 0.375. The molecule has 1 aliphatic rings. The predicted octanol–water partition coefficient (Wildman–Crippen LogP) is 1.22. The normalized spacial score (nSPS) is 14.8. The van der Waals surface area contributed by atoms with E-state index in [0.717, 1.165) is 4.09 Å². The van der Waals surface area contributed by atoms with Gasteiger partial charge in [-0.15, -0.1) is 0 Å². The topological polar surface area (TPSA) is 126 Å². The van der Waals surface area contributed by atoms with Crippen molar-refractivity contribution < 1.29 is 8.42 Å². The average molecular weight is 372 g/mol. The van der Waals surface area contributed by atoms with Gasteiger partial charge in [-0.25, -0.2) is 17.9 Å². The van der Waals surface area contributed by atoms with Crippen molar-refractivity contribution in [1.82, 2.24) is 23.8 Å². The molecule has 1 fully saturated rings. The molecule has 0 spiro atoms. The van der Waals surface area contributed by atoms with Gasteiger partial charge in [-0.3, -0.25) is 9.89 Å². The van der Waals surface area contributed by atoms with Crippen LogP contribution in [0.4, 0.5) is 0 Å². The van der Waals surface area contributed by atoms with E-state index < -0.39 is 15.3 Å². The van der Waals surface area contributed by atoms with Gasteiger partial charge < -0.3 is 0 Å². The number of hydrogen-bond acceptors (Lipinski definition) is 6. The van der Waals surface area contributed by atoms with E-state index in [4.69, 9.17) is 0 Å². The van der Waals surface area contributed by atoms with Crippen molar-refractivity contribution in [2.24, 2.45) is 0 Å². The molecule has 3 heterocycles. The maximum Gasteiger partial charge on any atom is 0.276 e. The van der Waals surface area contributed by atoms with Crippen molar-refractivity contribution in [2.75, 3.05) is 0 Å². The first kappa shape index (κ1) is 16.5. The summed E-state index contributed by atoms with van der Waals surface area (Å²) in [4.78, 5) is 17.3. The highest BCUT2D eigenvalue weighted by Crippen LogP contribution is 2.31. The molecule has 1 aliphatic carbocycles. The summed E-state index contributed by atoms with van der Waals surface area (Å²) >= 11 is 0. The lowest BCUT2D eigenvalue weighted by Crippen LogP contribution is -2.23. The molecular weight excluding hydrogens is 356 g/mol. The lowest BCUT2D eigenvalue weighted by molar-refractivity contribution is 0.579. The zero-order valence-corrected chi connectivity index (χ0v) is 15.0. The fourth-order valence-corrected chi connectivity index (χ4v) is 4.39. The zero-order valence-electron chi connectivity index (χ0n) is 14.2. The number of fused-ring (bicyclic) bond motifs is 1. The van der Waals surface area contributed by atoms with Crippen molar-refractivity contribution in [3.05, 3.63) is 39.9 Å². The molecule has 3 aromatic rings. The molecule has 4 rings (SSSR count). The molecule has 10 heteroatoms. The van der Waals surface area contributed by atoms with Crippen LogP contribution in [0.1, 0.15) is 43.7 Å². The Balaban J connectivity index is 1.96. The molecule has 0 saturated heterocycles. The van der Waals surface area contributed by atoms with E-state index in [2.05, 4.69) is 15.2 Å². The molecule has 0 aliphatic heterocycles. The van der Waals surface area contributed by atoms with Crippen molar-refractivity contribution >= 4 is 15.7 Å². The van der Waals surface area contributed by atoms with Gasteiger partial charge in [0.05, 0.1) is 5.25 Å². The number of hydrogen-bond donors (Lipinski definition) is 1. The largest absolute Gasteiger partial charge is 0.295 e. The molecule has 26 heavy (non-hydrogen) atoms. The third-order valence-electron chi connectivity index (χ3n) is 4.41. The summed E-state index contributed by atoms with van der Waals surface area (Å²) in [5, 5.41) is 15.7. The van der Waals surface area contributed by atoms with Crippen LogP contribution in [0, 0.1) is 11.3 Å². The summed E-state index contributed by atoms with van der Waals surface area (Å²) in [5.41, 5.74) is 1.08. The molecule has 1 N–H and O–H groups in total. The first-order valence-corrected chi connectivity index (χ1v) is 9.69. The van der Waals surface area contributed by atoms with E-state index >= 15 is 0 Å². The maximum atomic E-state index is 12.8. The van der Waals surface area contributed by atoms with E-state index in [1.165, 1.54) is 23.0 Å². The lowest BCUT2D eigenvalue weighted by Gasteiger charge is -2.10. The summed E-state index contributed by atoms with van der Waals surface area (Å²) in [6.07, 6.45) is 4.05. The van der Waals surface area contributed by atoms with Crippen LogP contribution in [-0.4, -0.2) is 37.5 Å². The fourth-order valence-electron chi connectivity index (χ4n) is 2.92. The number of aromatic amines is 1. The molecule has 1 saturated carbocycles. The van der Waals surface area contributed by atoms with E-state index in [0.29, 0.717) is 29.8 Å². The van der Waals surface area contributed by atoms with Crippen LogP contribution in [0.15, 0.2) is 23.3 Å². The Morgan fingerprint density at radius 2 is 2.12 bits per heavy atom. The van der Waals surface area contributed by atoms with Crippen molar-refractivity contribution in [2.45, 2.75) is 37.9 Å². The number of rotatable bonds is 4. The number of nitrogens with one attached hydrogen (secondary N) is 1. The number of nitrogens with zero attached hydrogens (tertiary/aromatic N) is 5. The molecule has 0 amide bonds. The molecule has 3 aromatic heterocycles. The van der Waals surface area contributed by atoms with Gasteiger partial charge in [0.15, 0.2) is 5.65 Å². The molecule has 9 nitrogen and oxygen atoms in total. The number of aromatic nitrogens is 5. The quantitative estimate of drug-likeness (QED) is 0.734. The maximum absolute atomic E-state index is 12.8. The minimum Gasteiger partial charge on any atom is -0.295 e. The molecule has 0 aromatic carbocycles. The third-order valence-corrected chi connectivity index (χ3v) is 6.45. The second kappa shape index (κ2) is 5.54. The van der Waals surface area contributed by atoms with Gasteiger partial charge in [-0.05, 0) is 24.8 Å². The Morgan fingerprint density at radius 3 is 2.73 bits per heavy atom. The van der Waals surface area contributed by atoms with E-state index in [1.54, 1.807) is 0 Å². The Morgan fingerprint density at radius 1 is 1.38 bits per heavy atom. The Bertz CT molecular complexity index is 1220. The van der Waals surface area contributed by atoms with Crippen LogP contribution in [0.2, 0.25) is 0 Å². The Kier molecular flexibility index (Phi) is 3.52. The highest BCUT2D eigenvalue weighted by atomic mass is 32.2. The number of H-pyrrole nitrogens is 1. The van der Waals surface area contributed by atoms with Crippen LogP contribution in [0.25, 0.3) is 17.0 Å². The minimum absolute atomic E-state index is 0.166. The Hall–Kier alpha value is -2.93. The highest BCUT2D eigenvalue weighted by molar-refractivity contribution is 7.90. The van der Waals surface area contributed by atoms with Gasteiger partial charge in [0.2, 0.25) is 0 Å². The highest BCUT2D eigenvalue weighted by Gasteiger charge is 2.38. The van der Waals surface area contributed by atoms with Gasteiger partial charge in [0, 0.05) is 18.0 Å². The standard InChI is InChI=1S/C16H16N6O3S/c1-9(2)13-14(19-15-10(7-17)8-18-22(15)16(13)23)12-5-6-21(20-12)26(24,25)11-3-4-11/h5-6,8-9,11,18H,3-4H2,1-2H3. The van der Waals surface area contributed by atoms with Gasteiger partial charge in [0.25, 0.3) is 15.6 Å². The monoisotopic (exact) mass is 372 g/mol. The minimum atomic E-state index is -3.50. The van der Waals surface area contributed by atoms with Crippen molar-refractivity contribution in [3.8, 4) is 17.5 Å². The van der Waals surface area contributed by atoms with Crippen molar-refractivity contribution in [3.63, 3.8) is 0 Å². The first-order valence-electron chi connectivity index (χ1n) is 8.19. The third kappa shape index (κ3) is 2.35. The van der Waals surface area contributed by atoms with E-state index in [1.807, 2.05) is 19.9 Å². The molecule has 134 valence electrons. The molecule has 0 radical (unpaired) electrons. The predicted molar refractivity (Wildman–Crippen MR) is 93.2 cm³/mol. The summed E-state index contributed by atoms with van der Waals surface area (Å²) in [7, 11) is -3.50. The molecular formula is C16H16N6O3S. The SMILES string of the molecule is CC(C)c1c(-c2ccn(S(=O)(=O)C3CC3)n2)nc2c(C#N)c[nH]n2c1=O. The number of nitriles is 1. The summed E-state index contributed by atoms with van der Waals surface area (Å²) in [6.45, 7) is 3.70. The first-order chi connectivity index (χ1) is 12.3. The molecule has 0 atom stereocenters. The zero-order chi connectivity index (χ0) is 18.6. The van der Waals surface area contributed by atoms with Crippen LogP contribution in [0.3, 0.4) is 0 Å². The lowest BCUT2D eigenvalue weighted by atomic mass is 10.0. The smallest absolute Gasteiger partial charge is 0.276 e.